The van der Waals surface area contributed by atoms with Crippen LogP contribution in [-0.2, 0) is 12.0 Å². The smallest absolute Gasteiger partial charge is 0.307 e. The average molecular weight is 295 g/mol. The molecule has 0 saturated heterocycles. The molecule has 0 spiro atoms. The summed E-state index contributed by atoms with van der Waals surface area (Å²) in [6, 6.07) is 8.79. The lowest BCUT2D eigenvalue weighted by atomic mass is 9.84. The molecule has 1 aliphatic rings. The van der Waals surface area contributed by atoms with Gasteiger partial charge in [0.2, 0.25) is 0 Å². The van der Waals surface area contributed by atoms with Crippen LogP contribution in [0.2, 0.25) is 5.05 Å². The van der Waals surface area contributed by atoms with Crippen molar-refractivity contribution in [3.8, 4) is 0 Å². The Balaban J connectivity index is 0.000000386. The number of nitrogens with zero attached hydrogens (tertiary/aromatic N) is 1. The number of fused-ring (bicyclic) bond motifs is 1. The molecule has 0 radical (unpaired) electrons. The molecular weight excluding hydrogens is 274 g/mol. The molecular formula is C13H20BrMgN. The molecule has 0 atom stereocenters. The number of likely N-dealkylation sites (N-methyl/N-ethyl adjacent to an activating group) is 1. The zero-order chi connectivity index (χ0) is 12.2. The third kappa shape index (κ3) is 3.22. The highest BCUT2D eigenvalue weighted by molar-refractivity contribution is 9.23. The van der Waals surface area contributed by atoms with Gasteiger partial charge in [0.15, 0.2) is 0 Å². The van der Waals surface area contributed by atoms with E-state index < -0.39 is 0 Å². The van der Waals surface area contributed by atoms with E-state index in [0.717, 1.165) is 0 Å². The summed E-state index contributed by atoms with van der Waals surface area (Å²) in [6.07, 6.45) is 1.19. The highest BCUT2D eigenvalue weighted by atomic mass is 79.9. The van der Waals surface area contributed by atoms with Gasteiger partial charge in [-0.3, -0.25) is 4.90 Å². The van der Waals surface area contributed by atoms with E-state index in [1.807, 2.05) is 0 Å². The van der Waals surface area contributed by atoms with Crippen LogP contribution < -0.4 is 0 Å². The van der Waals surface area contributed by atoms with Crippen molar-refractivity contribution < 1.29 is 0 Å². The van der Waals surface area contributed by atoms with Crippen molar-refractivity contribution in [1.29, 1.82) is 0 Å². The van der Waals surface area contributed by atoms with Crippen LogP contribution in [0.3, 0.4) is 0 Å². The van der Waals surface area contributed by atoms with Gasteiger partial charge in [0, 0.05) is 12.1 Å². The van der Waals surface area contributed by atoms with E-state index in [-0.39, 0.29) is 23.7 Å². The van der Waals surface area contributed by atoms with Gasteiger partial charge in [-0.25, -0.2) is 0 Å². The van der Waals surface area contributed by atoms with Crippen LogP contribution in [0.1, 0.15) is 25.0 Å². The summed E-state index contributed by atoms with van der Waals surface area (Å²) >= 11 is 3.51. The summed E-state index contributed by atoms with van der Waals surface area (Å²) < 4.78 is 0. The van der Waals surface area contributed by atoms with Crippen LogP contribution in [-0.4, -0.2) is 36.7 Å². The normalized spacial score (nSPS) is 17.8. The van der Waals surface area contributed by atoms with Gasteiger partial charge in [0.05, 0.1) is 0 Å². The van der Waals surface area contributed by atoms with Crippen LogP contribution in [0, 0.1) is 0 Å². The first-order valence-corrected chi connectivity index (χ1v) is 11.2. The van der Waals surface area contributed by atoms with E-state index in [1.54, 1.807) is 0 Å². The van der Waals surface area contributed by atoms with Crippen LogP contribution in [0.5, 0.6) is 0 Å². The van der Waals surface area contributed by atoms with Crippen LogP contribution >= 0.6 is 12.9 Å². The largest absolute Gasteiger partial charge is 0.465 e. The Hall–Kier alpha value is 0.426. The van der Waals surface area contributed by atoms with E-state index in [2.05, 4.69) is 68.0 Å². The molecule has 0 fully saturated rings. The van der Waals surface area contributed by atoms with Gasteiger partial charge >= 0.3 is 18.2 Å². The number of hydrogen-bond donors (Lipinski definition) is 0. The van der Waals surface area contributed by atoms with Crippen LogP contribution in [0.25, 0.3) is 0 Å². The molecule has 0 aromatic heterocycles. The van der Waals surface area contributed by atoms with Crippen molar-refractivity contribution in [2.75, 3.05) is 13.6 Å². The molecule has 16 heavy (non-hydrogen) atoms. The molecule has 1 nitrogen and oxygen atoms in total. The quantitative estimate of drug-likeness (QED) is 0.662. The Morgan fingerprint density at radius 3 is 2.50 bits per heavy atom. The minimum absolute atomic E-state index is 0.203. The second-order valence-corrected chi connectivity index (χ2v) is 8.55. The molecule has 1 aromatic rings. The second kappa shape index (κ2) is 6.38. The first-order valence-electron chi connectivity index (χ1n) is 5.89. The summed E-state index contributed by atoms with van der Waals surface area (Å²) in [5, 5.41) is 2.18. The molecule has 1 aromatic carbocycles. The molecule has 86 valence electrons. The van der Waals surface area contributed by atoms with E-state index in [9.17, 15) is 0 Å². The van der Waals surface area contributed by atoms with E-state index in [1.165, 1.54) is 24.1 Å². The highest BCUT2D eigenvalue weighted by Gasteiger charge is 2.31. The van der Waals surface area contributed by atoms with Gasteiger partial charge in [-0.1, -0.05) is 24.3 Å². The summed E-state index contributed by atoms with van der Waals surface area (Å²) in [6.45, 7) is 5.76. The minimum atomic E-state index is 0.203. The monoisotopic (exact) mass is 293 g/mol. The topological polar surface area (TPSA) is 3.24 Å². The Labute approximate surface area is 115 Å². The lowest BCUT2D eigenvalue weighted by molar-refractivity contribution is 0.143. The maximum Gasteiger partial charge on any atom is 0.465 e. The summed E-state index contributed by atoms with van der Waals surface area (Å²) in [4.78, 5) is 2.43. The third-order valence-corrected chi connectivity index (χ3v) is 3.35. The molecule has 0 N–H and O–H groups in total. The fourth-order valence-electron chi connectivity index (χ4n) is 2.11. The summed E-state index contributed by atoms with van der Waals surface area (Å²) in [7, 11) is 2.20. The van der Waals surface area contributed by atoms with Gasteiger partial charge in [-0.2, -0.15) is 0 Å². The third-order valence-electron chi connectivity index (χ3n) is 3.35. The van der Waals surface area contributed by atoms with Crippen molar-refractivity contribution in [1.82, 2.24) is 4.90 Å². The minimum Gasteiger partial charge on any atom is -0.307 e. The predicted octanol–water partition coefficient (Wildman–Crippen LogP) is 3.46. The number of hydrogen-bond acceptors (Lipinski definition) is 1. The molecule has 0 aliphatic carbocycles. The molecule has 0 unspecified atom stereocenters. The van der Waals surface area contributed by atoms with E-state index in [4.69, 9.17) is 0 Å². The van der Waals surface area contributed by atoms with Crippen molar-refractivity contribution in [3.05, 3.63) is 35.4 Å². The van der Waals surface area contributed by atoms with Crippen molar-refractivity contribution in [3.63, 3.8) is 0 Å². The maximum absolute atomic E-state index is 3.28. The number of benzene rings is 1. The molecule has 0 bridgehead atoms. The molecule has 2 rings (SSSR count). The van der Waals surface area contributed by atoms with E-state index in [0.29, 0.717) is 0 Å². The SMILES string of the molecule is CN1CCc2ccccc2C1(C)C.[CH3][Mg][Br]. The van der Waals surface area contributed by atoms with Crippen molar-refractivity contribution >= 4 is 31.1 Å². The fraction of sp³-hybridized carbons (Fsp3) is 0.538. The molecule has 3 heteroatoms. The maximum atomic E-state index is 3.28. The average Bonchev–Trinajstić information content (AvgIpc) is 2.26. The Bertz CT molecular complexity index is 338. The van der Waals surface area contributed by atoms with Gasteiger partial charge in [-0.05, 0) is 38.4 Å². The second-order valence-electron chi connectivity index (χ2n) is 4.65. The Morgan fingerprint density at radius 1 is 1.31 bits per heavy atom. The van der Waals surface area contributed by atoms with Crippen LogP contribution in [0.15, 0.2) is 24.3 Å². The van der Waals surface area contributed by atoms with Gasteiger partial charge in [0.1, 0.15) is 0 Å². The van der Waals surface area contributed by atoms with Gasteiger partial charge in [-0.15, -0.1) is 5.05 Å². The van der Waals surface area contributed by atoms with Gasteiger partial charge < -0.3 is 12.9 Å². The number of rotatable bonds is 0. The lowest BCUT2D eigenvalue weighted by Gasteiger charge is -2.41. The lowest BCUT2D eigenvalue weighted by Crippen LogP contribution is -2.43. The van der Waals surface area contributed by atoms with Crippen molar-refractivity contribution in [2.24, 2.45) is 0 Å². The molecule has 0 amide bonds. The van der Waals surface area contributed by atoms with Crippen LogP contribution in [0.4, 0.5) is 0 Å². The first kappa shape index (κ1) is 14.5. The zero-order valence-electron chi connectivity index (χ0n) is 10.8. The number of halogens is 1. The van der Waals surface area contributed by atoms with Crippen molar-refractivity contribution in [2.45, 2.75) is 30.9 Å². The molecule has 1 heterocycles. The highest BCUT2D eigenvalue weighted by Crippen LogP contribution is 2.33. The fourth-order valence-corrected chi connectivity index (χ4v) is 2.11. The Kier molecular flexibility index (Phi) is 5.78. The Morgan fingerprint density at radius 2 is 1.88 bits per heavy atom. The molecule has 0 saturated carbocycles. The van der Waals surface area contributed by atoms with E-state index >= 15 is 0 Å². The zero-order valence-corrected chi connectivity index (χ0v) is 13.8. The standard InChI is InChI=1S/C12H17N.CH3.BrH.Mg/c1-12(2)11-7-5-4-6-10(11)8-9-13(12)3;;;/h4-7H,8-9H2,1-3H3;1H3;1H;/q;;;+1/p-1. The first-order chi connectivity index (χ1) is 7.54. The summed E-state index contributed by atoms with van der Waals surface area (Å²) in [5.41, 5.74) is 3.21. The summed E-state index contributed by atoms with van der Waals surface area (Å²) in [5.74, 6) is 0. The molecule has 1 aliphatic heterocycles. The van der Waals surface area contributed by atoms with Gasteiger partial charge in [0.25, 0.3) is 0 Å². The predicted molar refractivity (Wildman–Crippen MR) is 76.3 cm³/mol.